The minimum Gasteiger partial charge on any atom is -0.278 e. The quantitative estimate of drug-likeness (QED) is 0.753. The first-order valence-corrected chi connectivity index (χ1v) is 6.31. The number of benzene rings is 2. The van der Waals surface area contributed by atoms with Crippen LogP contribution in [0.2, 0.25) is 0 Å². The number of nitrogens with zero attached hydrogens (tertiary/aromatic N) is 1. The first-order chi connectivity index (χ1) is 9.85. The van der Waals surface area contributed by atoms with E-state index in [0.29, 0.717) is 12.8 Å². The molecule has 2 aromatic carbocycles. The molecule has 0 heterocycles. The molecular weight excluding hydrogens is 250 g/mol. The van der Waals surface area contributed by atoms with E-state index in [-0.39, 0.29) is 0 Å². The van der Waals surface area contributed by atoms with Crippen LogP contribution in [-0.4, -0.2) is 17.7 Å². The molecule has 0 aliphatic rings. The lowest BCUT2D eigenvalue weighted by molar-refractivity contribution is -0.130. The number of hydrogen-bond acceptors (Lipinski definition) is 2. The molecule has 0 aromatic heterocycles. The monoisotopic (exact) mass is 265 g/mol. The molecule has 0 N–H and O–H groups in total. The number of carbonyl (C=O) groups excluding carboxylic acids is 2. The molecule has 0 aliphatic carbocycles. The first kappa shape index (κ1) is 13.7. The van der Waals surface area contributed by atoms with Crippen molar-refractivity contribution in [1.82, 2.24) is 4.90 Å². The van der Waals surface area contributed by atoms with Crippen molar-refractivity contribution >= 4 is 18.9 Å². The predicted molar refractivity (Wildman–Crippen MR) is 78.6 cm³/mol. The van der Waals surface area contributed by atoms with Gasteiger partial charge in [0, 0.05) is 0 Å². The standard InChI is InChI=1S/C17H15NO2/c19-13-18(14-20)17(16-9-5-2-6-10-16)12-11-15-7-3-1-4-8-15/h1-14,17H/b12-11+. The molecule has 0 bridgehead atoms. The molecule has 0 fully saturated rings. The zero-order chi connectivity index (χ0) is 14.2. The smallest absolute Gasteiger partial charge is 0.216 e. The molecule has 0 saturated heterocycles. The Labute approximate surface area is 118 Å². The van der Waals surface area contributed by atoms with E-state index in [9.17, 15) is 9.59 Å². The maximum Gasteiger partial charge on any atom is 0.216 e. The van der Waals surface area contributed by atoms with Crippen LogP contribution in [0.1, 0.15) is 17.2 Å². The topological polar surface area (TPSA) is 37.4 Å². The normalized spacial score (nSPS) is 12.0. The fraction of sp³-hybridized carbons (Fsp3) is 0.0588. The summed E-state index contributed by atoms with van der Waals surface area (Å²) >= 11 is 0. The maximum absolute atomic E-state index is 11.0. The van der Waals surface area contributed by atoms with Crippen LogP contribution in [0.15, 0.2) is 66.7 Å². The first-order valence-electron chi connectivity index (χ1n) is 6.31. The second kappa shape index (κ2) is 7.04. The minimum atomic E-state index is -0.397. The SMILES string of the molecule is O=CN(C=O)C(/C=C/c1ccccc1)c1ccccc1. The Kier molecular flexibility index (Phi) is 4.84. The Hall–Kier alpha value is -2.68. The van der Waals surface area contributed by atoms with Crippen molar-refractivity contribution < 1.29 is 9.59 Å². The zero-order valence-corrected chi connectivity index (χ0v) is 10.9. The Morgan fingerprint density at radius 2 is 1.35 bits per heavy atom. The molecule has 2 aromatic rings. The number of carbonyl (C=O) groups is 2. The highest BCUT2D eigenvalue weighted by molar-refractivity contribution is 5.71. The molecule has 3 nitrogen and oxygen atoms in total. The largest absolute Gasteiger partial charge is 0.278 e. The van der Waals surface area contributed by atoms with Gasteiger partial charge < -0.3 is 0 Å². The van der Waals surface area contributed by atoms with E-state index in [0.717, 1.165) is 16.0 Å². The third kappa shape index (κ3) is 3.42. The summed E-state index contributed by atoms with van der Waals surface area (Å²) in [5.74, 6) is 0. The fourth-order valence-electron chi connectivity index (χ4n) is 1.96. The van der Waals surface area contributed by atoms with Gasteiger partial charge in [0.15, 0.2) is 0 Å². The summed E-state index contributed by atoms with van der Waals surface area (Å²) in [6.07, 6.45) is 4.82. The van der Waals surface area contributed by atoms with Crippen molar-refractivity contribution in [3.63, 3.8) is 0 Å². The zero-order valence-electron chi connectivity index (χ0n) is 10.9. The van der Waals surface area contributed by atoms with Crippen LogP contribution in [-0.2, 0) is 9.59 Å². The molecule has 0 aliphatic heterocycles. The van der Waals surface area contributed by atoms with Gasteiger partial charge in [-0.1, -0.05) is 72.8 Å². The summed E-state index contributed by atoms with van der Waals surface area (Å²) in [4.78, 5) is 23.2. The molecule has 0 spiro atoms. The van der Waals surface area contributed by atoms with E-state index < -0.39 is 6.04 Å². The van der Waals surface area contributed by atoms with Gasteiger partial charge in [-0.2, -0.15) is 0 Å². The van der Waals surface area contributed by atoms with Gasteiger partial charge in [0.1, 0.15) is 0 Å². The third-order valence-corrected chi connectivity index (χ3v) is 2.98. The maximum atomic E-state index is 11.0. The molecule has 1 atom stereocenters. The van der Waals surface area contributed by atoms with Crippen LogP contribution < -0.4 is 0 Å². The van der Waals surface area contributed by atoms with Gasteiger partial charge in [-0.3, -0.25) is 14.5 Å². The van der Waals surface area contributed by atoms with Crippen LogP contribution >= 0.6 is 0 Å². The molecule has 0 saturated carbocycles. The van der Waals surface area contributed by atoms with Gasteiger partial charge in [0.05, 0.1) is 6.04 Å². The van der Waals surface area contributed by atoms with Gasteiger partial charge in [0.25, 0.3) is 0 Å². The van der Waals surface area contributed by atoms with E-state index in [4.69, 9.17) is 0 Å². The number of amides is 2. The lowest BCUT2D eigenvalue weighted by Gasteiger charge is -2.20. The number of imide groups is 1. The summed E-state index contributed by atoms with van der Waals surface area (Å²) in [5.41, 5.74) is 1.91. The van der Waals surface area contributed by atoms with Crippen molar-refractivity contribution in [1.29, 1.82) is 0 Å². The second-order valence-corrected chi connectivity index (χ2v) is 4.28. The Bertz CT molecular complexity index is 570. The molecule has 100 valence electrons. The Morgan fingerprint density at radius 3 is 1.90 bits per heavy atom. The van der Waals surface area contributed by atoms with Crippen LogP contribution in [0.5, 0.6) is 0 Å². The van der Waals surface area contributed by atoms with E-state index in [1.807, 2.05) is 72.8 Å². The van der Waals surface area contributed by atoms with Gasteiger partial charge in [0.2, 0.25) is 12.8 Å². The Balaban J connectivity index is 2.30. The predicted octanol–water partition coefficient (Wildman–Crippen LogP) is 3.06. The highest BCUT2D eigenvalue weighted by Gasteiger charge is 2.14. The lowest BCUT2D eigenvalue weighted by Crippen LogP contribution is -2.24. The fourth-order valence-corrected chi connectivity index (χ4v) is 1.96. The van der Waals surface area contributed by atoms with E-state index in [1.165, 1.54) is 0 Å². The van der Waals surface area contributed by atoms with Crippen molar-refractivity contribution in [2.24, 2.45) is 0 Å². The van der Waals surface area contributed by atoms with Crippen molar-refractivity contribution in [3.05, 3.63) is 77.9 Å². The molecule has 20 heavy (non-hydrogen) atoms. The van der Waals surface area contributed by atoms with Gasteiger partial charge >= 0.3 is 0 Å². The van der Waals surface area contributed by atoms with E-state index in [2.05, 4.69) is 0 Å². The van der Waals surface area contributed by atoms with Gasteiger partial charge in [-0.05, 0) is 11.1 Å². The average Bonchev–Trinajstić information content (AvgIpc) is 2.53. The van der Waals surface area contributed by atoms with Crippen LogP contribution in [0, 0.1) is 0 Å². The van der Waals surface area contributed by atoms with Crippen molar-refractivity contribution in [2.45, 2.75) is 6.04 Å². The summed E-state index contributed by atoms with van der Waals surface area (Å²) in [6, 6.07) is 18.8. The van der Waals surface area contributed by atoms with Crippen LogP contribution in [0.4, 0.5) is 0 Å². The van der Waals surface area contributed by atoms with E-state index in [1.54, 1.807) is 0 Å². The van der Waals surface area contributed by atoms with Gasteiger partial charge in [-0.25, -0.2) is 0 Å². The van der Waals surface area contributed by atoms with Crippen molar-refractivity contribution in [3.8, 4) is 0 Å². The van der Waals surface area contributed by atoms with Crippen LogP contribution in [0.3, 0.4) is 0 Å². The highest BCUT2D eigenvalue weighted by atomic mass is 16.2. The third-order valence-electron chi connectivity index (χ3n) is 2.98. The van der Waals surface area contributed by atoms with Crippen molar-refractivity contribution in [2.75, 3.05) is 0 Å². The Morgan fingerprint density at radius 1 is 0.800 bits per heavy atom. The van der Waals surface area contributed by atoms with E-state index >= 15 is 0 Å². The molecule has 3 heteroatoms. The average molecular weight is 265 g/mol. The molecule has 2 amide bonds. The van der Waals surface area contributed by atoms with Gasteiger partial charge in [-0.15, -0.1) is 0 Å². The molecule has 1 unspecified atom stereocenters. The lowest BCUT2D eigenvalue weighted by atomic mass is 10.0. The number of hydrogen-bond donors (Lipinski definition) is 0. The summed E-state index contributed by atoms with van der Waals surface area (Å²) in [7, 11) is 0. The number of rotatable bonds is 6. The molecular formula is C17H15NO2. The molecule has 2 rings (SSSR count). The minimum absolute atomic E-state index is 0.397. The van der Waals surface area contributed by atoms with Crippen LogP contribution in [0.25, 0.3) is 6.08 Å². The second-order valence-electron chi connectivity index (χ2n) is 4.28. The molecule has 0 radical (unpaired) electrons. The summed E-state index contributed by atoms with van der Waals surface area (Å²) in [5, 5.41) is 0. The summed E-state index contributed by atoms with van der Waals surface area (Å²) < 4.78 is 0. The summed E-state index contributed by atoms with van der Waals surface area (Å²) in [6.45, 7) is 0. The highest BCUT2D eigenvalue weighted by Crippen LogP contribution is 2.21.